The van der Waals surface area contributed by atoms with Gasteiger partial charge in [-0.15, -0.1) is 22.7 Å². The van der Waals surface area contributed by atoms with Gasteiger partial charge in [-0.05, 0) is 42.5 Å². The van der Waals surface area contributed by atoms with Crippen molar-refractivity contribution in [1.29, 1.82) is 0 Å². The van der Waals surface area contributed by atoms with Gasteiger partial charge in [0.25, 0.3) is 5.91 Å². The smallest absolute Gasteiger partial charge is 0.289 e. The van der Waals surface area contributed by atoms with Gasteiger partial charge in [-0.1, -0.05) is 43.1 Å². The lowest BCUT2D eigenvalue weighted by Crippen LogP contribution is -2.16. The highest BCUT2D eigenvalue weighted by Gasteiger charge is 2.15. The van der Waals surface area contributed by atoms with Crippen LogP contribution in [-0.4, -0.2) is 10.5 Å². The van der Waals surface area contributed by atoms with E-state index in [0.717, 1.165) is 40.5 Å². The highest BCUT2D eigenvalue weighted by molar-refractivity contribution is 7.12. The average molecular weight is 391 g/mol. The van der Waals surface area contributed by atoms with Crippen LogP contribution in [0.15, 0.2) is 46.8 Å². The zero-order valence-electron chi connectivity index (χ0n) is 14.2. The second kappa shape index (κ2) is 8.13. The molecule has 2 aromatic heterocycles. The van der Waals surface area contributed by atoms with E-state index in [4.69, 9.17) is 11.6 Å². The molecule has 0 aliphatic heterocycles. The summed E-state index contributed by atoms with van der Waals surface area (Å²) >= 11 is 9.07. The molecule has 0 saturated carbocycles. The molecule has 0 atom stereocenters. The summed E-state index contributed by atoms with van der Waals surface area (Å²) in [5.41, 5.74) is 2.25. The van der Waals surface area contributed by atoms with Crippen molar-refractivity contribution in [3.63, 3.8) is 0 Å². The van der Waals surface area contributed by atoms with Crippen LogP contribution in [0.1, 0.15) is 34.8 Å². The predicted octanol–water partition coefficient (Wildman–Crippen LogP) is 5.65. The first-order valence-corrected chi connectivity index (χ1v) is 10.3. The van der Waals surface area contributed by atoms with Crippen LogP contribution in [0.4, 0.5) is 0 Å². The summed E-state index contributed by atoms with van der Waals surface area (Å²) in [7, 11) is 0. The molecule has 1 amide bonds. The predicted molar refractivity (Wildman–Crippen MR) is 107 cm³/mol. The Morgan fingerprint density at radius 3 is 2.56 bits per heavy atom. The van der Waals surface area contributed by atoms with Crippen LogP contribution in [0.2, 0.25) is 5.02 Å². The van der Waals surface area contributed by atoms with Crippen molar-refractivity contribution in [3.8, 4) is 11.3 Å². The number of hydrogen-bond acceptors (Lipinski definition) is 3. The Morgan fingerprint density at radius 1 is 1.20 bits per heavy atom. The molecule has 3 aromatic rings. The molecule has 25 heavy (non-hydrogen) atoms. The first-order chi connectivity index (χ1) is 12.1. The topological polar surface area (TPSA) is 34.4 Å². The number of thiophene rings is 1. The number of hydrogen-bond donors (Lipinski definition) is 0. The van der Waals surface area contributed by atoms with Crippen LogP contribution < -0.4 is 4.80 Å². The van der Waals surface area contributed by atoms with Crippen molar-refractivity contribution in [2.75, 3.05) is 0 Å². The lowest BCUT2D eigenvalue weighted by Gasteiger charge is -2.09. The van der Waals surface area contributed by atoms with E-state index in [1.807, 2.05) is 41.8 Å². The monoisotopic (exact) mass is 390 g/mol. The zero-order valence-corrected chi connectivity index (χ0v) is 16.5. The van der Waals surface area contributed by atoms with Crippen LogP contribution in [0.5, 0.6) is 0 Å². The Bertz CT molecular complexity index is 921. The van der Waals surface area contributed by atoms with E-state index in [0.29, 0.717) is 4.88 Å². The average Bonchev–Trinajstić information content (AvgIpc) is 3.24. The van der Waals surface area contributed by atoms with Crippen molar-refractivity contribution in [2.45, 2.75) is 33.2 Å². The first kappa shape index (κ1) is 18.1. The third kappa shape index (κ3) is 3.94. The molecule has 0 aliphatic rings. The molecule has 0 radical (unpaired) electrons. The molecule has 130 valence electrons. The van der Waals surface area contributed by atoms with E-state index in [1.165, 1.54) is 16.2 Å². The number of benzene rings is 1. The molecule has 3 rings (SSSR count). The van der Waals surface area contributed by atoms with Gasteiger partial charge in [0.2, 0.25) is 0 Å². The van der Waals surface area contributed by atoms with Gasteiger partial charge < -0.3 is 4.57 Å². The Labute approximate surface area is 160 Å². The Hall–Kier alpha value is -1.69. The molecule has 2 heterocycles. The summed E-state index contributed by atoms with van der Waals surface area (Å²) in [5, 5.41) is 2.61. The van der Waals surface area contributed by atoms with Gasteiger partial charge in [0.15, 0.2) is 4.80 Å². The molecule has 0 fully saturated rings. The molecule has 6 heteroatoms. The summed E-state index contributed by atoms with van der Waals surface area (Å²) in [6.07, 6.45) is 2.01. The number of aromatic nitrogens is 1. The van der Waals surface area contributed by atoms with Crippen molar-refractivity contribution in [1.82, 2.24) is 4.57 Å². The maximum absolute atomic E-state index is 12.4. The van der Waals surface area contributed by atoms with Crippen molar-refractivity contribution < 1.29 is 4.79 Å². The third-order valence-corrected chi connectivity index (χ3v) is 6.07. The van der Waals surface area contributed by atoms with Gasteiger partial charge in [-0.2, -0.15) is 4.99 Å². The minimum Gasteiger partial charge on any atom is -0.316 e. The van der Waals surface area contributed by atoms with Gasteiger partial charge in [0, 0.05) is 16.4 Å². The minimum absolute atomic E-state index is 0.177. The second-order valence-electron chi connectivity index (χ2n) is 5.55. The number of amides is 1. The van der Waals surface area contributed by atoms with E-state index in [-0.39, 0.29) is 5.91 Å². The summed E-state index contributed by atoms with van der Waals surface area (Å²) in [6, 6.07) is 11.5. The van der Waals surface area contributed by atoms with Gasteiger partial charge in [-0.3, -0.25) is 4.79 Å². The minimum atomic E-state index is -0.177. The highest BCUT2D eigenvalue weighted by Crippen LogP contribution is 2.28. The fraction of sp³-hybridized carbons (Fsp3) is 0.263. The van der Waals surface area contributed by atoms with Gasteiger partial charge in [0.1, 0.15) is 0 Å². The quantitative estimate of drug-likeness (QED) is 0.554. The lowest BCUT2D eigenvalue weighted by atomic mass is 10.1. The summed E-state index contributed by atoms with van der Waals surface area (Å²) < 4.78 is 2.13. The van der Waals surface area contributed by atoms with Crippen LogP contribution in [-0.2, 0) is 13.0 Å². The van der Waals surface area contributed by atoms with Gasteiger partial charge in [-0.25, -0.2) is 0 Å². The number of aryl methyl sites for hydroxylation is 1. The summed E-state index contributed by atoms with van der Waals surface area (Å²) in [5.74, 6) is -0.177. The van der Waals surface area contributed by atoms with E-state index in [2.05, 4.69) is 23.4 Å². The number of rotatable bonds is 5. The maximum Gasteiger partial charge on any atom is 0.289 e. The fourth-order valence-electron chi connectivity index (χ4n) is 2.70. The van der Waals surface area contributed by atoms with Crippen molar-refractivity contribution in [2.24, 2.45) is 4.99 Å². The van der Waals surface area contributed by atoms with E-state index >= 15 is 0 Å². The third-order valence-electron chi connectivity index (χ3n) is 3.82. The Kier molecular flexibility index (Phi) is 5.89. The van der Waals surface area contributed by atoms with E-state index in [1.54, 1.807) is 11.3 Å². The molecule has 1 aromatic carbocycles. The van der Waals surface area contributed by atoms with E-state index < -0.39 is 0 Å². The van der Waals surface area contributed by atoms with Crippen molar-refractivity contribution in [3.05, 3.63) is 61.4 Å². The molecular weight excluding hydrogens is 372 g/mol. The number of halogens is 1. The summed E-state index contributed by atoms with van der Waals surface area (Å²) in [6.45, 7) is 5.00. The lowest BCUT2D eigenvalue weighted by molar-refractivity contribution is 0.100. The molecule has 0 N–H and O–H groups in total. The van der Waals surface area contributed by atoms with Gasteiger partial charge in [0.05, 0.1) is 10.6 Å². The normalized spacial score (nSPS) is 11.9. The van der Waals surface area contributed by atoms with Crippen LogP contribution in [0, 0.1) is 0 Å². The molecule has 0 bridgehead atoms. The van der Waals surface area contributed by atoms with Crippen LogP contribution >= 0.6 is 34.3 Å². The molecule has 0 spiro atoms. The number of thiazole rings is 1. The number of carbonyl (C=O) groups excluding carboxylic acids is 1. The molecule has 3 nitrogen and oxygen atoms in total. The molecule has 0 unspecified atom stereocenters. The molecular formula is C19H19ClN2OS2. The van der Waals surface area contributed by atoms with E-state index in [9.17, 15) is 4.79 Å². The Morgan fingerprint density at radius 2 is 1.96 bits per heavy atom. The maximum atomic E-state index is 12.4. The highest BCUT2D eigenvalue weighted by atomic mass is 35.5. The zero-order chi connectivity index (χ0) is 17.8. The fourth-order valence-corrected chi connectivity index (χ4v) is 4.74. The second-order valence-corrected chi connectivity index (χ2v) is 8.00. The summed E-state index contributed by atoms with van der Waals surface area (Å²) in [4.78, 5) is 19.5. The van der Waals surface area contributed by atoms with Crippen LogP contribution in [0.3, 0.4) is 0 Å². The first-order valence-electron chi connectivity index (χ1n) is 8.25. The number of nitrogens with zero attached hydrogens (tertiary/aromatic N) is 2. The SMILES string of the molecule is CCCc1sc(=NC(=O)c2cccs2)n(CC)c1-c1ccc(Cl)cc1. The van der Waals surface area contributed by atoms with Gasteiger partial charge >= 0.3 is 0 Å². The Balaban J connectivity index is 2.15. The number of carbonyl (C=O) groups is 1. The standard InChI is InChI=1S/C19H19ClN2OS2/c1-3-6-15-17(13-8-10-14(20)11-9-13)22(4-2)19(25-15)21-18(23)16-7-5-12-24-16/h5,7-12H,3-4,6H2,1-2H3. The largest absolute Gasteiger partial charge is 0.316 e. The molecule has 0 aliphatic carbocycles. The van der Waals surface area contributed by atoms with Crippen molar-refractivity contribution >= 4 is 40.2 Å². The van der Waals surface area contributed by atoms with Crippen LogP contribution in [0.25, 0.3) is 11.3 Å². The molecule has 0 saturated heterocycles.